The van der Waals surface area contributed by atoms with Crippen molar-refractivity contribution in [2.24, 2.45) is 0 Å². The molecule has 3 fully saturated rings. The largest absolute Gasteiger partial charge is 0.485 e. The normalized spacial score (nSPS) is 35.3. The lowest BCUT2D eigenvalue weighted by molar-refractivity contribution is -0.300. The summed E-state index contributed by atoms with van der Waals surface area (Å²) in [6, 6.07) is 14.9. The Morgan fingerprint density at radius 2 is 1.85 bits per heavy atom. The summed E-state index contributed by atoms with van der Waals surface area (Å²) in [6.07, 6.45) is 3.34. The van der Waals surface area contributed by atoms with Crippen LogP contribution in [-0.4, -0.2) is 62.3 Å². The smallest absolute Gasteiger partial charge is 0.207 e. The second kappa shape index (κ2) is 6.95. The van der Waals surface area contributed by atoms with Gasteiger partial charge < -0.3 is 28.6 Å². The molecule has 6 heteroatoms. The van der Waals surface area contributed by atoms with Crippen LogP contribution in [0, 0.1) is 0 Å². The summed E-state index contributed by atoms with van der Waals surface area (Å²) >= 11 is 0. The van der Waals surface area contributed by atoms with Crippen LogP contribution in [0.2, 0.25) is 0 Å². The van der Waals surface area contributed by atoms with E-state index in [1.54, 1.807) is 0 Å². The van der Waals surface area contributed by atoms with Crippen molar-refractivity contribution in [1.82, 2.24) is 4.90 Å². The van der Waals surface area contributed by atoms with Crippen molar-refractivity contribution < 1.29 is 23.7 Å². The maximum atomic E-state index is 6.92. The molecule has 0 aromatic heterocycles. The first-order valence-corrected chi connectivity index (χ1v) is 12.2. The van der Waals surface area contributed by atoms with Crippen LogP contribution in [0.15, 0.2) is 42.5 Å². The third kappa shape index (κ3) is 2.42. The second-order valence-electron chi connectivity index (χ2n) is 10.2. The fraction of sp³-hybridized carbons (Fsp3) is 0.556. The quantitative estimate of drug-likeness (QED) is 0.713. The Bertz CT molecular complexity index is 1080. The second-order valence-corrected chi connectivity index (χ2v) is 10.2. The van der Waals surface area contributed by atoms with Gasteiger partial charge in [0.05, 0.1) is 24.2 Å². The Morgan fingerprint density at radius 1 is 1.03 bits per heavy atom. The van der Waals surface area contributed by atoms with E-state index >= 15 is 0 Å². The highest BCUT2D eigenvalue weighted by Gasteiger charge is 2.77. The molecular formula is C27H31NO5. The highest BCUT2D eigenvalue weighted by Crippen LogP contribution is 2.68. The zero-order valence-corrected chi connectivity index (χ0v) is 19.3. The maximum absolute atomic E-state index is 6.92. The summed E-state index contributed by atoms with van der Waals surface area (Å²) in [4.78, 5) is 2.49. The van der Waals surface area contributed by atoms with Gasteiger partial charge in [-0.25, -0.2) is 0 Å². The van der Waals surface area contributed by atoms with Crippen LogP contribution in [0.5, 0.6) is 11.5 Å². The average Bonchev–Trinajstić information content (AvgIpc) is 3.46. The first-order chi connectivity index (χ1) is 16.1. The Morgan fingerprint density at radius 3 is 2.64 bits per heavy atom. The molecule has 1 saturated carbocycles. The predicted molar refractivity (Wildman–Crippen MR) is 122 cm³/mol. The number of ether oxygens (including phenoxy) is 5. The summed E-state index contributed by atoms with van der Waals surface area (Å²) < 4.78 is 32.6. The molecule has 0 unspecified atom stereocenters. The van der Waals surface area contributed by atoms with Crippen molar-refractivity contribution in [2.45, 2.75) is 61.2 Å². The van der Waals surface area contributed by atoms with E-state index in [2.05, 4.69) is 36.2 Å². The highest BCUT2D eigenvalue weighted by atomic mass is 16.8. The van der Waals surface area contributed by atoms with E-state index in [0.717, 1.165) is 49.3 Å². The van der Waals surface area contributed by atoms with Crippen LogP contribution in [0.1, 0.15) is 36.0 Å². The zero-order chi connectivity index (χ0) is 22.3. The van der Waals surface area contributed by atoms with Crippen molar-refractivity contribution in [2.75, 3.05) is 33.9 Å². The van der Waals surface area contributed by atoms with Gasteiger partial charge in [0.15, 0.2) is 17.6 Å². The molecular weight excluding hydrogens is 418 g/mol. The van der Waals surface area contributed by atoms with E-state index in [4.69, 9.17) is 23.7 Å². The molecule has 0 amide bonds. The number of rotatable bonds is 4. The molecule has 33 heavy (non-hydrogen) atoms. The van der Waals surface area contributed by atoms with Crippen molar-refractivity contribution in [3.05, 3.63) is 59.2 Å². The van der Waals surface area contributed by atoms with Crippen molar-refractivity contribution in [3.8, 4) is 11.5 Å². The standard InChI is InChI=1S/C27H31NO5/c1-28-13-12-25-22-19-8-9-20(30-17-18-6-4-3-5-7-18)23(22)33-24(25)27(31-14-15-32-27)11-10-26(25,29-2)21(28)16-19/h3-9,21,24H,10-17H2,1-2H3/t21-,24-,25+,26-/m1/s1. The molecule has 2 spiro atoms. The molecule has 3 heterocycles. The van der Waals surface area contributed by atoms with E-state index < -0.39 is 5.79 Å². The Balaban J connectivity index is 1.39. The lowest BCUT2D eigenvalue weighted by atomic mass is 9.48. The van der Waals surface area contributed by atoms with Gasteiger partial charge in [0.2, 0.25) is 5.79 Å². The van der Waals surface area contributed by atoms with E-state index in [-0.39, 0.29) is 17.1 Å². The number of likely N-dealkylation sites (tertiary alicyclic amines) is 1. The number of methoxy groups -OCH3 is 1. The van der Waals surface area contributed by atoms with E-state index in [1.165, 1.54) is 11.1 Å². The molecule has 2 bridgehead atoms. The Labute approximate surface area is 194 Å². The lowest BCUT2D eigenvalue weighted by Crippen LogP contribution is -2.79. The average molecular weight is 450 g/mol. The molecule has 0 N–H and O–H groups in total. The molecule has 7 rings (SSSR count). The fourth-order valence-corrected chi connectivity index (χ4v) is 7.70. The van der Waals surface area contributed by atoms with Gasteiger partial charge in [0.1, 0.15) is 6.61 Å². The summed E-state index contributed by atoms with van der Waals surface area (Å²) in [5.74, 6) is 0.961. The Kier molecular flexibility index (Phi) is 4.27. The first kappa shape index (κ1) is 20.3. The van der Waals surface area contributed by atoms with Gasteiger partial charge in [-0.05, 0) is 50.0 Å². The van der Waals surface area contributed by atoms with E-state index in [0.29, 0.717) is 25.9 Å². The highest BCUT2D eigenvalue weighted by molar-refractivity contribution is 5.63. The van der Waals surface area contributed by atoms with Crippen LogP contribution in [0.4, 0.5) is 0 Å². The first-order valence-electron chi connectivity index (χ1n) is 12.2. The molecule has 5 aliphatic rings. The molecule has 0 radical (unpaired) electrons. The number of benzene rings is 2. The molecule has 2 aromatic rings. The lowest BCUT2D eigenvalue weighted by Gasteiger charge is -2.66. The summed E-state index contributed by atoms with van der Waals surface area (Å²) in [5.41, 5.74) is 3.12. The molecule has 2 aromatic carbocycles. The summed E-state index contributed by atoms with van der Waals surface area (Å²) in [5, 5.41) is 0. The van der Waals surface area contributed by atoms with Gasteiger partial charge in [0, 0.05) is 25.1 Å². The van der Waals surface area contributed by atoms with Crippen LogP contribution < -0.4 is 9.47 Å². The van der Waals surface area contributed by atoms with Crippen LogP contribution >= 0.6 is 0 Å². The van der Waals surface area contributed by atoms with Gasteiger partial charge in [-0.15, -0.1) is 0 Å². The van der Waals surface area contributed by atoms with Gasteiger partial charge in [0.25, 0.3) is 0 Å². The third-order valence-corrected chi connectivity index (χ3v) is 9.06. The molecule has 3 aliphatic heterocycles. The van der Waals surface area contributed by atoms with Gasteiger partial charge in [-0.3, -0.25) is 0 Å². The summed E-state index contributed by atoms with van der Waals surface area (Å²) in [6.45, 7) is 2.73. The topological polar surface area (TPSA) is 49.4 Å². The van der Waals surface area contributed by atoms with Crippen LogP contribution in [0.3, 0.4) is 0 Å². The van der Waals surface area contributed by atoms with Crippen molar-refractivity contribution in [1.29, 1.82) is 0 Å². The monoisotopic (exact) mass is 449 g/mol. The van der Waals surface area contributed by atoms with Crippen molar-refractivity contribution in [3.63, 3.8) is 0 Å². The predicted octanol–water partition coefficient (Wildman–Crippen LogP) is 3.45. The molecule has 4 atom stereocenters. The Hall–Kier alpha value is -2.12. The minimum atomic E-state index is -0.715. The molecule has 2 aliphatic carbocycles. The maximum Gasteiger partial charge on any atom is 0.207 e. The number of hydrogen-bond donors (Lipinski definition) is 0. The molecule has 2 saturated heterocycles. The van der Waals surface area contributed by atoms with Gasteiger partial charge in [-0.1, -0.05) is 36.4 Å². The number of piperidine rings is 1. The number of nitrogens with zero attached hydrogens (tertiary/aromatic N) is 1. The SMILES string of the molecule is CO[C@@]12CCC3(OCCO3)[C@@H]3Oc4c(OCc5ccccc5)ccc5c4[C@@]31CCN(C)[C@@H]2C5. The van der Waals surface area contributed by atoms with Gasteiger partial charge in [-0.2, -0.15) is 0 Å². The van der Waals surface area contributed by atoms with E-state index in [9.17, 15) is 0 Å². The van der Waals surface area contributed by atoms with Crippen LogP contribution in [-0.2, 0) is 32.7 Å². The minimum absolute atomic E-state index is 0.243. The fourth-order valence-electron chi connectivity index (χ4n) is 7.70. The van der Waals surface area contributed by atoms with E-state index in [1.807, 2.05) is 25.3 Å². The third-order valence-electron chi connectivity index (χ3n) is 9.06. The number of likely N-dealkylation sites (N-methyl/N-ethyl adjacent to an activating group) is 1. The van der Waals surface area contributed by atoms with Crippen molar-refractivity contribution >= 4 is 0 Å². The minimum Gasteiger partial charge on any atom is -0.485 e. The number of fused-ring (bicyclic) bond motifs is 1. The van der Waals surface area contributed by atoms with Crippen LogP contribution in [0.25, 0.3) is 0 Å². The molecule has 6 nitrogen and oxygen atoms in total. The zero-order valence-electron chi connectivity index (χ0n) is 19.3. The molecule has 174 valence electrons. The summed E-state index contributed by atoms with van der Waals surface area (Å²) in [7, 11) is 4.12. The number of hydrogen-bond acceptors (Lipinski definition) is 6. The van der Waals surface area contributed by atoms with Gasteiger partial charge >= 0.3 is 0 Å².